The summed E-state index contributed by atoms with van der Waals surface area (Å²) in [5.41, 5.74) is 2.84. The Labute approximate surface area is 90.5 Å². The Morgan fingerprint density at radius 1 is 1.29 bits per heavy atom. The zero-order valence-corrected chi connectivity index (χ0v) is 9.74. The van der Waals surface area contributed by atoms with Gasteiger partial charge in [0.2, 0.25) is 5.69 Å². The second-order valence-electron chi connectivity index (χ2n) is 4.43. The molecular formula is C12H14ClN. The molecule has 1 aromatic carbocycles. The molecule has 0 aromatic heterocycles. The summed E-state index contributed by atoms with van der Waals surface area (Å²) >= 11 is 6.09. The minimum atomic E-state index is 0.0777. The van der Waals surface area contributed by atoms with Crippen molar-refractivity contribution in [1.82, 2.24) is 0 Å². The van der Waals surface area contributed by atoms with E-state index >= 15 is 0 Å². The van der Waals surface area contributed by atoms with Gasteiger partial charge in [-0.3, -0.25) is 0 Å². The third-order valence-electron chi connectivity index (χ3n) is 2.29. The van der Waals surface area contributed by atoms with Crippen molar-refractivity contribution < 1.29 is 0 Å². The van der Waals surface area contributed by atoms with Crippen molar-refractivity contribution in [2.24, 2.45) is 0 Å². The second kappa shape index (κ2) is 3.63. The minimum Gasteiger partial charge on any atom is -0.237 e. The normalized spacial score (nSPS) is 11.1. The summed E-state index contributed by atoms with van der Waals surface area (Å²) in [6.07, 6.45) is 0. The number of halogens is 1. The summed E-state index contributed by atoms with van der Waals surface area (Å²) in [5.74, 6) is 0. The Hall–Kier alpha value is -1.00. The number of benzene rings is 1. The lowest BCUT2D eigenvalue weighted by Crippen LogP contribution is -2.12. The van der Waals surface area contributed by atoms with E-state index in [9.17, 15) is 0 Å². The highest BCUT2D eigenvalue weighted by molar-refractivity contribution is 6.34. The molecule has 0 atom stereocenters. The van der Waals surface area contributed by atoms with Crippen LogP contribution in [-0.4, -0.2) is 0 Å². The van der Waals surface area contributed by atoms with Crippen LogP contribution < -0.4 is 0 Å². The van der Waals surface area contributed by atoms with E-state index in [4.69, 9.17) is 18.2 Å². The van der Waals surface area contributed by atoms with Gasteiger partial charge in [0.1, 0.15) is 0 Å². The molecule has 0 saturated heterocycles. The lowest BCUT2D eigenvalue weighted by molar-refractivity contribution is 0.586. The van der Waals surface area contributed by atoms with Gasteiger partial charge in [-0.05, 0) is 23.5 Å². The van der Waals surface area contributed by atoms with Crippen LogP contribution >= 0.6 is 11.6 Å². The first-order valence-electron chi connectivity index (χ1n) is 4.55. The van der Waals surface area contributed by atoms with E-state index in [0.717, 1.165) is 5.56 Å². The Morgan fingerprint density at radius 2 is 1.86 bits per heavy atom. The highest BCUT2D eigenvalue weighted by atomic mass is 35.5. The van der Waals surface area contributed by atoms with E-state index in [1.165, 1.54) is 5.56 Å². The predicted molar refractivity (Wildman–Crippen MR) is 61.2 cm³/mol. The molecule has 0 N–H and O–H groups in total. The van der Waals surface area contributed by atoms with Crippen molar-refractivity contribution in [3.8, 4) is 0 Å². The fourth-order valence-corrected chi connectivity index (χ4v) is 1.78. The molecule has 0 aliphatic rings. The smallest absolute Gasteiger partial charge is 0.205 e. The van der Waals surface area contributed by atoms with E-state index in [0.29, 0.717) is 10.7 Å². The summed E-state index contributed by atoms with van der Waals surface area (Å²) < 4.78 is 0. The molecule has 0 radical (unpaired) electrons. The molecular weight excluding hydrogens is 194 g/mol. The van der Waals surface area contributed by atoms with Crippen LogP contribution in [0.4, 0.5) is 5.69 Å². The fourth-order valence-electron chi connectivity index (χ4n) is 1.57. The Bertz CT molecular complexity index is 394. The number of hydrogen-bond donors (Lipinski definition) is 0. The van der Waals surface area contributed by atoms with Crippen LogP contribution in [0.3, 0.4) is 0 Å². The van der Waals surface area contributed by atoms with Gasteiger partial charge in [-0.25, -0.2) is 4.85 Å². The van der Waals surface area contributed by atoms with E-state index in [-0.39, 0.29) is 5.41 Å². The molecule has 0 amide bonds. The van der Waals surface area contributed by atoms with Crippen molar-refractivity contribution in [2.75, 3.05) is 0 Å². The Morgan fingerprint density at radius 3 is 2.29 bits per heavy atom. The van der Waals surface area contributed by atoms with Gasteiger partial charge in [-0.2, -0.15) is 0 Å². The summed E-state index contributed by atoms with van der Waals surface area (Å²) in [7, 11) is 0. The van der Waals surface area contributed by atoms with Crippen molar-refractivity contribution in [3.63, 3.8) is 0 Å². The maximum atomic E-state index is 6.95. The fraction of sp³-hybridized carbons (Fsp3) is 0.417. The topological polar surface area (TPSA) is 4.36 Å². The van der Waals surface area contributed by atoms with Crippen LogP contribution in [0.25, 0.3) is 4.85 Å². The minimum absolute atomic E-state index is 0.0777. The first kappa shape index (κ1) is 11.1. The van der Waals surface area contributed by atoms with Gasteiger partial charge in [-0.15, -0.1) is 0 Å². The third kappa shape index (κ3) is 1.91. The predicted octanol–water partition coefficient (Wildman–Crippen LogP) is 4.50. The standard InChI is InChI=1S/C12H14ClN/c1-8-9(12(2,3)4)6-7-10(14-5)11(8)13/h6-7H,1-4H3. The van der Waals surface area contributed by atoms with Gasteiger partial charge in [0.25, 0.3) is 0 Å². The van der Waals surface area contributed by atoms with Crippen LogP contribution in [0.2, 0.25) is 5.02 Å². The van der Waals surface area contributed by atoms with Crippen LogP contribution in [0.15, 0.2) is 12.1 Å². The average molecular weight is 208 g/mol. The molecule has 14 heavy (non-hydrogen) atoms. The zero-order valence-electron chi connectivity index (χ0n) is 8.98. The Kier molecular flexibility index (Phi) is 2.87. The molecule has 0 bridgehead atoms. The molecule has 0 fully saturated rings. The van der Waals surface area contributed by atoms with Gasteiger partial charge in [0.05, 0.1) is 11.6 Å². The van der Waals surface area contributed by atoms with Crippen LogP contribution in [-0.2, 0) is 5.41 Å². The molecule has 0 spiro atoms. The monoisotopic (exact) mass is 207 g/mol. The lowest BCUT2D eigenvalue weighted by atomic mass is 9.84. The maximum Gasteiger partial charge on any atom is 0.205 e. The summed E-state index contributed by atoms with van der Waals surface area (Å²) in [4.78, 5) is 3.37. The maximum absolute atomic E-state index is 6.95. The molecule has 0 aliphatic carbocycles. The SMILES string of the molecule is [C-]#[N+]c1ccc(C(C)(C)C)c(C)c1Cl. The lowest BCUT2D eigenvalue weighted by Gasteiger charge is -2.22. The molecule has 0 aliphatic heterocycles. The first-order chi connectivity index (χ1) is 6.38. The molecule has 74 valence electrons. The van der Waals surface area contributed by atoms with Crippen molar-refractivity contribution >= 4 is 17.3 Å². The molecule has 1 rings (SSSR count). The van der Waals surface area contributed by atoms with Gasteiger partial charge >= 0.3 is 0 Å². The van der Waals surface area contributed by atoms with Crippen molar-refractivity contribution in [3.05, 3.63) is 39.7 Å². The van der Waals surface area contributed by atoms with E-state index in [1.54, 1.807) is 6.07 Å². The van der Waals surface area contributed by atoms with E-state index in [2.05, 4.69) is 25.6 Å². The van der Waals surface area contributed by atoms with E-state index in [1.807, 2.05) is 13.0 Å². The highest BCUT2D eigenvalue weighted by Gasteiger charge is 2.18. The number of rotatable bonds is 0. The second-order valence-corrected chi connectivity index (χ2v) is 4.81. The number of hydrogen-bond acceptors (Lipinski definition) is 0. The van der Waals surface area contributed by atoms with Gasteiger partial charge in [-0.1, -0.05) is 44.5 Å². The quantitative estimate of drug-likeness (QED) is 0.552. The average Bonchev–Trinajstić information content (AvgIpc) is 2.07. The molecule has 2 heteroatoms. The summed E-state index contributed by atoms with van der Waals surface area (Å²) in [6, 6.07) is 3.79. The molecule has 1 aromatic rings. The summed E-state index contributed by atoms with van der Waals surface area (Å²) in [6.45, 7) is 15.3. The van der Waals surface area contributed by atoms with Gasteiger partial charge < -0.3 is 0 Å². The number of nitrogens with zero attached hydrogens (tertiary/aromatic N) is 1. The van der Waals surface area contributed by atoms with Crippen LogP contribution in [0.5, 0.6) is 0 Å². The molecule has 0 unspecified atom stereocenters. The van der Waals surface area contributed by atoms with Gasteiger partial charge in [0, 0.05) is 0 Å². The van der Waals surface area contributed by atoms with Crippen molar-refractivity contribution in [2.45, 2.75) is 33.1 Å². The molecule has 0 heterocycles. The molecule has 1 nitrogen and oxygen atoms in total. The van der Waals surface area contributed by atoms with Gasteiger partial charge in [0.15, 0.2) is 0 Å². The zero-order chi connectivity index (χ0) is 10.9. The van der Waals surface area contributed by atoms with Crippen LogP contribution in [0.1, 0.15) is 31.9 Å². The largest absolute Gasteiger partial charge is 0.237 e. The van der Waals surface area contributed by atoms with Crippen LogP contribution in [0, 0.1) is 13.5 Å². The third-order valence-corrected chi connectivity index (χ3v) is 2.77. The molecule has 0 saturated carbocycles. The Balaban J connectivity index is 3.41. The highest BCUT2D eigenvalue weighted by Crippen LogP contribution is 2.35. The first-order valence-corrected chi connectivity index (χ1v) is 4.92. The van der Waals surface area contributed by atoms with E-state index < -0.39 is 0 Å². The summed E-state index contributed by atoms with van der Waals surface area (Å²) in [5, 5.41) is 0.590. The van der Waals surface area contributed by atoms with Crippen molar-refractivity contribution in [1.29, 1.82) is 0 Å².